The van der Waals surface area contributed by atoms with Gasteiger partial charge in [0.15, 0.2) is 20.0 Å². The third-order valence-electron chi connectivity index (χ3n) is 5.32. The first kappa shape index (κ1) is 26.8. The van der Waals surface area contributed by atoms with Gasteiger partial charge in [0.25, 0.3) is 0 Å². The summed E-state index contributed by atoms with van der Waals surface area (Å²) in [5.74, 6) is -2.29. The van der Waals surface area contributed by atoms with Gasteiger partial charge in [0.2, 0.25) is 0 Å². The molecular weight excluding hydrogens is 533 g/mol. The van der Waals surface area contributed by atoms with Crippen molar-refractivity contribution in [3.8, 4) is 34.1 Å². The molecule has 0 aromatic heterocycles. The highest BCUT2D eigenvalue weighted by Gasteiger charge is 2.37. The van der Waals surface area contributed by atoms with E-state index >= 15 is 0 Å². The molecule has 4 aromatic carbocycles. The molecule has 0 aliphatic carbocycles. The van der Waals surface area contributed by atoms with E-state index in [1.165, 1.54) is 18.2 Å². The lowest BCUT2D eigenvalue weighted by molar-refractivity contribution is -0.139. The number of benzene rings is 4. The van der Waals surface area contributed by atoms with Crippen molar-refractivity contribution in [3.63, 3.8) is 0 Å². The molecule has 0 fully saturated rings. The quantitative estimate of drug-likeness (QED) is 0.144. The zero-order valence-corrected chi connectivity index (χ0v) is 20.0. The van der Waals surface area contributed by atoms with Crippen LogP contribution < -0.4 is 26.2 Å². The minimum atomic E-state index is -4.89. The predicted octanol–water partition coefficient (Wildman–Crippen LogP) is 8.06. The predicted molar refractivity (Wildman–Crippen MR) is 131 cm³/mol. The van der Waals surface area contributed by atoms with Crippen LogP contribution in [0.1, 0.15) is 11.1 Å². The minimum absolute atomic E-state index is 0.168. The summed E-state index contributed by atoms with van der Waals surface area (Å²) in [6.45, 7) is 0. The molecule has 196 valence electrons. The van der Waals surface area contributed by atoms with E-state index in [0.29, 0.717) is 17.7 Å². The monoisotopic (exact) mass is 550 g/mol. The molecule has 0 amide bonds. The first-order valence-corrected chi connectivity index (χ1v) is 11.5. The van der Waals surface area contributed by atoms with Gasteiger partial charge in [-0.05, 0) is 54.1 Å². The zero-order valence-electron chi connectivity index (χ0n) is 19.1. The normalized spacial score (nSPS) is 11.9. The maximum Gasteiger partial charge on any atom is 0.420 e. The van der Waals surface area contributed by atoms with Crippen LogP contribution in [0, 0.1) is 0 Å². The maximum atomic E-state index is 13.8. The molecule has 0 aliphatic heterocycles. The van der Waals surface area contributed by atoms with E-state index in [1.54, 1.807) is 30.3 Å². The molecule has 0 unspecified atom stereocenters. The van der Waals surface area contributed by atoms with Gasteiger partial charge in [-0.15, -0.1) is 0 Å². The van der Waals surface area contributed by atoms with Crippen molar-refractivity contribution >= 4 is 25.1 Å². The molecule has 0 heterocycles. The van der Waals surface area contributed by atoms with Gasteiger partial charge in [0, 0.05) is 16.9 Å². The average molecular weight is 550 g/mol. The SMILES string of the molecule is Nc1ccc(Oc2c(P=O)ccc(-c3ccccc3)c2Oc2ccc(N)cc2C(F)(F)F)c(C(F)(F)F)c1. The van der Waals surface area contributed by atoms with Gasteiger partial charge in [-0.25, -0.2) is 0 Å². The van der Waals surface area contributed by atoms with E-state index in [1.807, 2.05) is 0 Å². The molecule has 4 rings (SSSR count). The van der Waals surface area contributed by atoms with Crippen LogP contribution in [0.2, 0.25) is 0 Å². The second-order valence-corrected chi connectivity index (χ2v) is 8.62. The van der Waals surface area contributed by atoms with Crippen molar-refractivity contribution in [3.05, 3.63) is 90.0 Å². The standard InChI is InChI=1S/C26H17F6N2O3P/c27-25(28,29)18-12-15(33)6-9-20(18)36-23-17(14-4-2-1-3-5-14)8-11-22(38-35)24(23)37-21-10-7-16(34)13-19(21)26(30,31)32/h1-13H,33-34H2. The first-order chi connectivity index (χ1) is 17.9. The molecule has 0 radical (unpaired) electrons. The van der Waals surface area contributed by atoms with Gasteiger partial charge in [-0.1, -0.05) is 30.3 Å². The van der Waals surface area contributed by atoms with Crippen molar-refractivity contribution in [2.75, 3.05) is 11.5 Å². The number of rotatable bonds is 6. The highest BCUT2D eigenvalue weighted by Crippen LogP contribution is 2.48. The van der Waals surface area contributed by atoms with Crippen LogP contribution in [0.4, 0.5) is 37.7 Å². The smallest absolute Gasteiger partial charge is 0.420 e. The van der Waals surface area contributed by atoms with Crippen LogP contribution in [-0.4, -0.2) is 0 Å². The van der Waals surface area contributed by atoms with Crippen LogP contribution in [-0.2, 0) is 16.9 Å². The van der Waals surface area contributed by atoms with Gasteiger partial charge in [-0.2, -0.15) is 26.3 Å². The van der Waals surface area contributed by atoms with Gasteiger partial charge in [0.05, 0.1) is 5.30 Å². The molecule has 0 saturated carbocycles. The lowest BCUT2D eigenvalue weighted by Gasteiger charge is -2.21. The summed E-state index contributed by atoms with van der Waals surface area (Å²) in [5.41, 5.74) is 8.83. The maximum absolute atomic E-state index is 13.8. The van der Waals surface area contributed by atoms with Crippen LogP contribution in [0.5, 0.6) is 23.0 Å². The fourth-order valence-corrected chi connectivity index (χ4v) is 3.97. The molecule has 0 aliphatic rings. The summed E-state index contributed by atoms with van der Waals surface area (Å²) in [7, 11) is -0.689. The number of hydrogen-bond acceptors (Lipinski definition) is 5. The summed E-state index contributed by atoms with van der Waals surface area (Å²) in [4.78, 5) is 0. The Labute approximate surface area is 213 Å². The molecule has 0 bridgehead atoms. The Hall–Kier alpha value is -4.24. The number of alkyl halides is 6. The van der Waals surface area contributed by atoms with Crippen LogP contribution in [0.25, 0.3) is 11.1 Å². The molecular formula is C26H17F6N2O3P. The summed E-state index contributed by atoms with van der Waals surface area (Å²) in [5, 5.41) is -0.173. The van der Waals surface area contributed by atoms with Crippen LogP contribution in [0.3, 0.4) is 0 Å². The van der Waals surface area contributed by atoms with E-state index in [9.17, 15) is 30.9 Å². The Morgan fingerprint density at radius 1 is 0.632 bits per heavy atom. The van der Waals surface area contributed by atoms with E-state index in [0.717, 1.165) is 18.2 Å². The topological polar surface area (TPSA) is 87.6 Å². The second-order valence-electron chi connectivity index (χ2n) is 7.96. The fraction of sp³-hybridized carbons (Fsp3) is 0.0769. The van der Waals surface area contributed by atoms with Gasteiger partial charge in [-0.3, -0.25) is 4.57 Å². The number of anilines is 2. The first-order valence-electron chi connectivity index (χ1n) is 10.7. The Morgan fingerprint density at radius 2 is 1.13 bits per heavy atom. The number of hydrogen-bond donors (Lipinski definition) is 2. The molecule has 0 atom stereocenters. The van der Waals surface area contributed by atoms with E-state index in [2.05, 4.69) is 0 Å². The Bertz CT molecular complexity index is 1490. The summed E-state index contributed by atoms with van der Waals surface area (Å²) >= 11 is 0. The van der Waals surface area contributed by atoms with Crippen LogP contribution in [0.15, 0.2) is 78.9 Å². The van der Waals surface area contributed by atoms with Gasteiger partial charge in [0.1, 0.15) is 22.6 Å². The van der Waals surface area contributed by atoms with Crippen molar-refractivity contribution < 1.29 is 40.4 Å². The third-order valence-corrected chi connectivity index (χ3v) is 5.87. The molecule has 38 heavy (non-hydrogen) atoms. The van der Waals surface area contributed by atoms with E-state index in [-0.39, 0.29) is 22.2 Å². The van der Waals surface area contributed by atoms with E-state index < -0.39 is 54.9 Å². The lowest BCUT2D eigenvalue weighted by atomic mass is 10.0. The Kier molecular flexibility index (Phi) is 7.24. The largest absolute Gasteiger partial charge is 0.452 e. The Morgan fingerprint density at radius 3 is 1.61 bits per heavy atom. The molecule has 4 aromatic rings. The number of halogens is 6. The summed E-state index contributed by atoms with van der Waals surface area (Å²) < 4.78 is 106. The van der Waals surface area contributed by atoms with Gasteiger partial charge < -0.3 is 20.9 Å². The number of nitrogens with two attached hydrogens (primary N) is 2. The van der Waals surface area contributed by atoms with Crippen molar-refractivity contribution in [2.45, 2.75) is 12.4 Å². The van der Waals surface area contributed by atoms with Crippen molar-refractivity contribution in [2.24, 2.45) is 0 Å². The molecule has 4 N–H and O–H groups in total. The van der Waals surface area contributed by atoms with Gasteiger partial charge >= 0.3 is 12.4 Å². The molecule has 12 heteroatoms. The summed E-state index contributed by atoms with van der Waals surface area (Å²) in [6.07, 6.45) is -9.77. The third kappa shape index (κ3) is 5.68. The van der Waals surface area contributed by atoms with E-state index in [4.69, 9.17) is 20.9 Å². The molecule has 0 spiro atoms. The highest BCUT2D eigenvalue weighted by molar-refractivity contribution is 7.34. The highest BCUT2D eigenvalue weighted by atomic mass is 31.1. The molecule has 5 nitrogen and oxygen atoms in total. The van der Waals surface area contributed by atoms with Crippen molar-refractivity contribution in [1.29, 1.82) is 0 Å². The lowest BCUT2D eigenvalue weighted by Crippen LogP contribution is -2.11. The van der Waals surface area contributed by atoms with Crippen LogP contribution >= 0.6 is 8.46 Å². The second kappa shape index (κ2) is 10.3. The molecule has 0 saturated heterocycles. The summed E-state index contributed by atoms with van der Waals surface area (Å²) in [6, 6.07) is 16.5. The Balaban J connectivity index is 1.99. The minimum Gasteiger partial charge on any atom is -0.452 e. The van der Waals surface area contributed by atoms with Crippen molar-refractivity contribution in [1.82, 2.24) is 0 Å². The number of ether oxygens (including phenoxy) is 2. The average Bonchev–Trinajstić information content (AvgIpc) is 2.86. The fourth-order valence-electron chi connectivity index (χ4n) is 3.61. The number of nitrogen functional groups attached to an aromatic ring is 2. The zero-order chi connectivity index (χ0) is 27.7.